The van der Waals surface area contributed by atoms with E-state index in [-0.39, 0.29) is 0 Å². The van der Waals surface area contributed by atoms with Crippen LogP contribution < -0.4 is 0 Å². The van der Waals surface area contributed by atoms with Crippen molar-refractivity contribution in [2.24, 2.45) is 0 Å². The molecule has 0 amide bonds. The van der Waals surface area contributed by atoms with Crippen molar-refractivity contribution in [2.75, 3.05) is 0 Å². The van der Waals surface area contributed by atoms with Gasteiger partial charge in [0.2, 0.25) is 0 Å². The van der Waals surface area contributed by atoms with Crippen LogP contribution in [0.25, 0.3) is 92.8 Å². The summed E-state index contributed by atoms with van der Waals surface area (Å²) < 4.78 is 2.44. The Balaban J connectivity index is 1.17. The second kappa shape index (κ2) is 9.54. The summed E-state index contributed by atoms with van der Waals surface area (Å²) in [5.41, 5.74) is 9.99. The van der Waals surface area contributed by atoms with Gasteiger partial charge in [-0.25, -0.2) is 0 Å². The lowest BCUT2D eigenvalue weighted by Gasteiger charge is -2.17. The molecule has 0 saturated carbocycles. The average Bonchev–Trinajstić information content (AvgIpc) is 3.46. The third-order valence-corrected chi connectivity index (χ3v) is 10.0. The van der Waals surface area contributed by atoms with Crippen LogP contribution in [0.3, 0.4) is 0 Å². The maximum absolute atomic E-state index is 2.44. The SMILES string of the molecule is Cc1ccc(-c2ccc3ccc4c(-c5ccc(-n6c7ccccc7c7ccc8ccccc8c76)cc5)ccc5ccc2c3c54)cc1. The van der Waals surface area contributed by atoms with Crippen molar-refractivity contribution in [2.45, 2.75) is 6.92 Å². The number of aromatic nitrogens is 1. The fraction of sp³-hybridized carbons (Fsp3) is 0.0222. The van der Waals surface area contributed by atoms with Crippen LogP contribution in [0.1, 0.15) is 5.56 Å². The van der Waals surface area contributed by atoms with Crippen LogP contribution in [0.15, 0.2) is 158 Å². The topological polar surface area (TPSA) is 4.93 Å². The zero-order valence-corrected chi connectivity index (χ0v) is 25.5. The molecule has 0 aliphatic carbocycles. The minimum atomic E-state index is 1.17. The predicted molar refractivity (Wildman–Crippen MR) is 198 cm³/mol. The van der Waals surface area contributed by atoms with E-state index in [0.717, 1.165) is 0 Å². The van der Waals surface area contributed by atoms with Gasteiger partial charge in [-0.05, 0) is 85.1 Å². The van der Waals surface area contributed by atoms with E-state index in [1.807, 2.05) is 0 Å². The molecule has 0 saturated heterocycles. The lowest BCUT2D eigenvalue weighted by Crippen LogP contribution is -1.95. The maximum atomic E-state index is 2.44. The number of hydrogen-bond donors (Lipinski definition) is 0. The fourth-order valence-electron chi connectivity index (χ4n) is 7.83. The van der Waals surface area contributed by atoms with Gasteiger partial charge in [-0.15, -0.1) is 0 Å². The normalized spacial score (nSPS) is 12.0. The molecular weight excluding hydrogens is 555 g/mol. The molecule has 0 fully saturated rings. The predicted octanol–water partition coefficient (Wildman–Crippen LogP) is 12.5. The smallest absolute Gasteiger partial charge is 0.0619 e. The van der Waals surface area contributed by atoms with Crippen LogP contribution in [0.5, 0.6) is 0 Å². The molecule has 0 unspecified atom stereocenters. The summed E-state index contributed by atoms with van der Waals surface area (Å²) in [5, 5.41) is 13.0. The Morgan fingerprint density at radius 3 is 1.57 bits per heavy atom. The number of aryl methyl sites for hydroxylation is 1. The summed E-state index contributed by atoms with van der Waals surface area (Å²) in [6, 6.07) is 58.4. The average molecular weight is 584 g/mol. The molecule has 0 aliphatic rings. The Bertz CT molecular complexity index is 2780. The van der Waals surface area contributed by atoms with Crippen molar-refractivity contribution in [1.82, 2.24) is 4.57 Å². The van der Waals surface area contributed by atoms with E-state index < -0.39 is 0 Å². The van der Waals surface area contributed by atoms with E-state index in [4.69, 9.17) is 0 Å². The van der Waals surface area contributed by atoms with E-state index in [2.05, 4.69) is 169 Å². The number of benzene rings is 9. The van der Waals surface area contributed by atoms with Crippen molar-refractivity contribution < 1.29 is 0 Å². The van der Waals surface area contributed by atoms with Gasteiger partial charge in [0.1, 0.15) is 0 Å². The summed E-state index contributed by atoms with van der Waals surface area (Å²) in [6.07, 6.45) is 0. The monoisotopic (exact) mass is 583 g/mol. The number of fused-ring (bicyclic) bond motifs is 5. The highest BCUT2D eigenvalue weighted by molar-refractivity contribution is 6.27. The van der Waals surface area contributed by atoms with Gasteiger partial charge in [0.05, 0.1) is 11.0 Å². The summed E-state index contributed by atoms with van der Waals surface area (Å²) in [6.45, 7) is 2.15. The summed E-state index contributed by atoms with van der Waals surface area (Å²) in [5.74, 6) is 0. The quantitative estimate of drug-likeness (QED) is 0.182. The van der Waals surface area contributed by atoms with Gasteiger partial charge < -0.3 is 4.57 Å². The molecule has 214 valence electrons. The van der Waals surface area contributed by atoms with E-state index in [9.17, 15) is 0 Å². The third kappa shape index (κ3) is 3.57. The zero-order valence-electron chi connectivity index (χ0n) is 25.5. The molecular formula is C45H29N. The molecule has 1 heteroatoms. The minimum Gasteiger partial charge on any atom is -0.309 e. The van der Waals surface area contributed by atoms with Gasteiger partial charge in [-0.3, -0.25) is 0 Å². The van der Waals surface area contributed by atoms with Crippen molar-refractivity contribution in [3.63, 3.8) is 0 Å². The summed E-state index contributed by atoms with van der Waals surface area (Å²) in [4.78, 5) is 0. The van der Waals surface area contributed by atoms with Gasteiger partial charge in [-0.2, -0.15) is 0 Å². The molecule has 46 heavy (non-hydrogen) atoms. The first kappa shape index (κ1) is 25.4. The van der Waals surface area contributed by atoms with Gasteiger partial charge in [-0.1, -0.05) is 145 Å². The van der Waals surface area contributed by atoms with E-state index in [1.54, 1.807) is 0 Å². The number of para-hydroxylation sites is 1. The first-order valence-electron chi connectivity index (χ1n) is 16.0. The van der Waals surface area contributed by atoms with Crippen LogP contribution in [0.4, 0.5) is 0 Å². The Kier molecular flexibility index (Phi) is 5.27. The van der Waals surface area contributed by atoms with Crippen LogP contribution in [0.2, 0.25) is 0 Å². The van der Waals surface area contributed by atoms with Gasteiger partial charge in [0.15, 0.2) is 0 Å². The molecule has 1 aromatic heterocycles. The van der Waals surface area contributed by atoms with Gasteiger partial charge >= 0.3 is 0 Å². The molecule has 0 bridgehead atoms. The zero-order chi connectivity index (χ0) is 30.4. The molecule has 1 nitrogen and oxygen atoms in total. The van der Waals surface area contributed by atoms with Gasteiger partial charge in [0.25, 0.3) is 0 Å². The number of hydrogen-bond acceptors (Lipinski definition) is 0. The molecule has 0 radical (unpaired) electrons. The molecule has 10 rings (SSSR count). The first-order chi connectivity index (χ1) is 22.7. The third-order valence-electron chi connectivity index (χ3n) is 10.0. The second-order valence-electron chi connectivity index (χ2n) is 12.6. The standard InChI is InChI=1S/C45H29N/c1-28-10-12-30(13-11-28)35-23-17-32-20-26-40-36(24-18-33-19-25-39(35)43(32)44(33)40)31-14-21-34(22-15-31)46-42-9-5-4-8-38(42)41-27-16-29-6-2-3-7-37(29)45(41)46/h2-27H,1H3. The summed E-state index contributed by atoms with van der Waals surface area (Å²) in [7, 11) is 0. The molecule has 10 aromatic rings. The lowest BCUT2D eigenvalue weighted by molar-refractivity contribution is 1.19. The van der Waals surface area contributed by atoms with Crippen LogP contribution in [-0.2, 0) is 0 Å². The molecule has 9 aromatic carbocycles. The first-order valence-corrected chi connectivity index (χ1v) is 16.0. The number of nitrogens with zero attached hydrogens (tertiary/aromatic N) is 1. The van der Waals surface area contributed by atoms with Crippen LogP contribution in [-0.4, -0.2) is 4.57 Å². The van der Waals surface area contributed by atoms with E-state index in [1.165, 1.54) is 98.4 Å². The van der Waals surface area contributed by atoms with Crippen molar-refractivity contribution in [3.05, 3.63) is 163 Å². The maximum Gasteiger partial charge on any atom is 0.0619 e. The molecule has 0 aliphatic heterocycles. The lowest BCUT2D eigenvalue weighted by atomic mass is 9.87. The van der Waals surface area contributed by atoms with Crippen molar-refractivity contribution >= 4 is 64.9 Å². The van der Waals surface area contributed by atoms with E-state index in [0.29, 0.717) is 0 Å². The number of rotatable bonds is 3. The highest BCUT2D eigenvalue weighted by Gasteiger charge is 2.17. The molecule has 0 spiro atoms. The molecule has 0 atom stereocenters. The van der Waals surface area contributed by atoms with Crippen LogP contribution in [0, 0.1) is 6.92 Å². The second-order valence-corrected chi connectivity index (χ2v) is 12.6. The Labute approximate surface area is 266 Å². The summed E-state index contributed by atoms with van der Waals surface area (Å²) >= 11 is 0. The van der Waals surface area contributed by atoms with Gasteiger partial charge in [0, 0.05) is 21.8 Å². The highest BCUT2D eigenvalue weighted by atomic mass is 15.0. The fourth-order valence-corrected chi connectivity index (χ4v) is 7.83. The molecule has 0 N–H and O–H groups in total. The van der Waals surface area contributed by atoms with Crippen LogP contribution >= 0.6 is 0 Å². The van der Waals surface area contributed by atoms with Crippen molar-refractivity contribution in [3.8, 4) is 27.9 Å². The van der Waals surface area contributed by atoms with Crippen molar-refractivity contribution in [1.29, 1.82) is 0 Å². The molecule has 1 heterocycles. The Morgan fingerprint density at radius 2 is 0.891 bits per heavy atom. The minimum absolute atomic E-state index is 1.17. The Hall–Kier alpha value is -5.92. The Morgan fingerprint density at radius 1 is 0.370 bits per heavy atom. The van der Waals surface area contributed by atoms with E-state index >= 15 is 0 Å². The largest absolute Gasteiger partial charge is 0.309 e. The highest BCUT2D eigenvalue weighted by Crippen LogP contribution is 2.43.